The number of methoxy groups -OCH3 is 1. The minimum atomic E-state index is -0.949. The number of carbonyl (C=O) groups is 3. The Hall–Kier alpha value is -5.10. The van der Waals surface area contributed by atoms with E-state index in [1.807, 2.05) is 12.2 Å². The van der Waals surface area contributed by atoms with Crippen molar-refractivity contribution >= 4 is 35.5 Å². The van der Waals surface area contributed by atoms with Crippen molar-refractivity contribution in [3.63, 3.8) is 0 Å². The van der Waals surface area contributed by atoms with Gasteiger partial charge in [0, 0.05) is 29.9 Å². The van der Waals surface area contributed by atoms with Gasteiger partial charge in [-0.1, -0.05) is 72.3 Å². The Bertz CT molecular complexity index is 1900. The topological polar surface area (TPSA) is 214 Å². The quantitative estimate of drug-likeness (QED) is 0.0184. The van der Waals surface area contributed by atoms with E-state index in [2.05, 4.69) is 10.2 Å². The van der Waals surface area contributed by atoms with Crippen LogP contribution >= 0.6 is 11.6 Å². The second-order valence-corrected chi connectivity index (χ2v) is 14.3. The molecule has 0 radical (unpaired) electrons. The molecule has 6 atom stereocenters. The summed E-state index contributed by atoms with van der Waals surface area (Å²) in [5.41, 5.74) is 1.95. The van der Waals surface area contributed by atoms with Crippen molar-refractivity contribution in [1.29, 1.82) is 0 Å². The number of unbranched alkanes of at least 4 members (excludes halogenated alkanes) is 1. The number of nitrogens with zero attached hydrogens (tertiary/aromatic N) is 1. The van der Waals surface area contributed by atoms with Crippen molar-refractivity contribution in [2.24, 2.45) is 11.8 Å². The van der Waals surface area contributed by atoms with E-state index in [-0.39, 0.29) is 67.3 Å². The highest BCUT2D eigenvalue weighted by Gasteiger charge is 2.39. The van der Waals surface area contributed by atoms with Crippen LogP contribution in [0.3, 0.4) is 0 Å². The number of hydrogen-bond acceptors (Lipinski definition) is 14. The van der Waals surface area contributed by atoms with E-state index in [4.69, 9.17) is 41.0 Å². The predicted octanol–water partition coefficient (Wildman–Crippen LogP) is 5.50. The summed E-state index contributed by atoms with van der Waals surface area (Å²) in [4.78, 5) is 42.2. The fourth-order valence-electron chi connectivity index (χ4n) is 6.18. The zero-order valence-electron chi connectivity index (χ0n) is 32.8. The maximum absolute atomic E-state index is 12.8. The lowest BCUT2D eigenvalue weighted by molar-refractivity contribution is -0.497. The highest BCUT2D eigenvalue weighted by Crippen LogP contribution is 2.36. The SMILES string of the molecule is COc1cc(/C=C/C(=O)OCc2ccc(CON(O)O)cc2)ccc1OC(=O)C(C)NC(=O)CCC/C=C\C[C@@H]1[C@@H](/C=C/[C@@H](O)COc2cccc(Cl)c2)[C@H](O)C[C@@H]1O. The van der Waals surface area contributed by atoms with Crippen molar-refractivity contribution in [1.82, 2.24) is 10.7 Å². The molecule has 0 aromatic heterocycles. The zero-order chi connectivity index (χ0) is 42.7. The van der Waals surface area contributed by atoms with Gasteiger partial charge in [0.2, 0.25) is 5.91 Å². The number of rotatable bonds is 22. The Morgan fingerprint density at radius 1 is 0.966 bits per heavy atom. The van der Waals surface area contributed by atoms with E-state index in [0.717, 1.165) is 0 Å². The van der Waals surface area contributed by atoms with E-state index in [9.17, 15) is 29.7 Å². The first-order chi connectivity index (χ1) is 28.3. The molecule has 3 aromatic rings. The molecule has 318 valence electrons. The summed E-state index contributed by atoms with van der Waals surface area (Å²) in [6, 6.07) is 17.4. The summed E-state index contributed by atoms with van der Waals surface area (Å²) in [6.07, 6.45) is 9.48. The van der Waals surface area contributed by atoms with Gasteiger partial charge in [-0.25, -0.2) is 14.4 Å². The minimum Gasteiger partial charge on any atom is -0.493 e. The molecule has 1 aliphatic rings. The van der Waals surface area contributed by atoms with Crippen LogP contribution in [-0.4, -0.2) is 87.0 Å². The molecule has 0 heterocycles. The van der Waals surface area contributed by atoms with Crippen LogP contribution in [0.25, 0.3) is 6.08 Å². The summed E-state index contributed by atoms with van der Waals surface area (Å²) in [6.45, 7) is 1.47. The van der Waals surface area contributed by atoms with E-state index in [1.165, 1.54) is 32.3 Å². The normalized spacial score (nSPS) is 19.0. The fourth-order valence-corrected chi connectivity index (χ4v) is 6.36. The van der Waals surface area contributed by atoms with Crippen LogP contribution < -0.4 is 19.5 Å². The van der Waals surface area contributed by atoms with Gasteiger partial charge < -0.3 is 39.6 Å². The monoisotopic (exact) mass is 838 g/mol. The number of halogens is 1. The summed E-state index contributed by atoms with van der Waals surface area (Å²) in [5, 5.41) is 51.5. The molecule has 4 rings (SSSR count). The number of aliphatic hydroxyl groups is 3. The van der Waals surface area contributed by atoms with Crippen LogP contribution in [0.1, 0.15) is 55.7 Å². The molecule has 0 saturated heterocycles. The molecule has 0 bridgehead atoms. The van der Waals surface area contributed by atoms with Gasteiger partial charge in [-0.15, -0.1) is 0 Å². The van der Waals surface area contributed by atoms with Crippen molar-refractivity contribution in [3.05, 3.63) is 119 Å². The van der Waals surface area contributed by atoms with E-state index in [1.54, 1.807) is 72.8 Å². The largest absolute Gasteiger partial charge is 0.493 e. The smallest absolute Gasteiger partial charge is 0.333 e. The van der Waals surface area contributed by atoms with Crippen LogP contribution in [-0.2, 0) is 37.2 Å². The van der Waals surface area contributed by atoms with Crippen LogP contribution in [0, 0.1) is 11.8 Å². The molecule has 59 heavy (non-hydrogen) atoms. The van der Waals surface area contributed by atoms with Gasteiger partial charge in [0.05, 0.1) is 31.3 Å². The Balaban J connectivity index is 1.15. The molecular weight excluding hydrogens is 788 g/mol. The number of aliphatic hydroxyl groups excluding tert-OH is 3. The van der Waals surface area contributed by atoms with Crippen LogP contribution in [0.5, 0.6) is 17.2 Å². The first-order valence-corrected chi connectivity index (χ1v) is 19.4. The maximum atomic E-state index is 12.8. The Kier molecular flexibility index (Phi) is 19.0. The third-order valence-electron chi connectivity index (χ3n) is 9.33. The predicted molar refractivity (Wildman–Crippen MR) is 215 cm³/mol. The van der Waals surface area contributed by atoms with Gasteiger partial charge >= 0.3 is 11.9 Å². The summed E-state index contributed by atoms with van der Waals surface area (Å²) < 4.78 is 21.7. The van der Waals surface area contributed by atoms with Gasteiger partial charge in [0.1, 0.15) is 31.1 Å². The second kappa shape index (κ2) is 24.1. The Morgan fingerprint density at radius 2 is 1.71 bits per heavy atom. The fraction of sp³-hybridized carbons (Fsp3) is 0.372. The number of carbonyl (C=O) groups excluding carboxylic acids is 3. The zero-order valence-corrected chi connectivity index (χ0v) is 33.5. The molecule has 1 aliphatic carbocycles. The number of benzene rings is 3. The third-order valence-corrected chi connectivity index (χ3v) is 9.56. The molecule has 0 spiro atoms. The third kappa shape index (κ3) is 16.2. The average Bonchev–Trinajstić information content (AvgIpc) is 3.49. The van der Waals surface area contributed by atoms with Crippen LogP contribution in [0.15, 0.2) is 97.1 Å². The molecule has 16 heteroatoms. The lowest BCUT2D eigenvalue weighted by atomic mass is 9.89. The van der Waals surface area contributed by atoms with Crippen LogP contribution in [0.4, 0.5) is 0 Å². The van der Waals surface area contributed by atoms with Crippen molar-refractivity contribution < 1.29 is 63.9 Å². The highest BCUT2D eigenvalue weighted by molar-refractivity contribution is 6.30. The van der Waals surface area contributed by atoms with Gasteiger partial charge in [-0.05, 0) is 85.2 Å². The molecule has 1 saturated carbocycles. The van der Waals surface area contributed by atoms with Gasteiger partial charge in [-0.2, -0.15) is 0 Å². The molecule has 3 aromatic carbocycles. The second-order valence-electron chi connectivity index (χ2n) is 13.8. The number of hydrogen-bond donors (Lipinski definition) is 6. The molecule has 6 N–H and O–H groups in total. The summed E-state index contributed by atoms with van der Waals surface area (Å²) >= 11 is 5.97. The molecular formula is C43H51ClN2O13. The number of allylic oxidation sites excluding steroid dienone is 2. The van der Waals surface area contributed by atoms with Crippen molar-refractivity contribution in [2.75, 3.05) is 13.7 Å². The van der Waals surface area contributed by atoms with E-state index in [0.29, 0.717) is 46.7 Å². The molecule has 1 fully saturated rings. The average molecular weight is 839 g/mol. The van der Waals surface area contributed by atoms with E-state index >= 15 is 0 Å². The first-order valence-electron chi connectivity index (χ1n) is 19.0. The van der Waals surface area contributed by atoms with Crippen molar-refractivity contribution in [2.45, 2.75) is 76.6 Å². The molecule has 15 nitrogen and oxygen atoms in total. The maximum Gasteiger partial charge on any atom is 0.333 e. The lowest BCUT2D eigenvalue weighted by Gasteiger charge is -2.19. The molecule has 1 amide bonds. The number of esters is 2. The van der Waals surface area contributed by atoms with Crippen LogP contribution in [0.2, 0.25) is 5.02 Å². The lowest BCUT2D eigenvalue weighted by Crippen LogP contribution is -2.40. The van der Waals surface area contributed by atoms with Gasteiger partial charge in [0.25, 0.3) is 0 Å². The number of nitrogens with one attached hydrogen (secondary N) is 1. The standard InChI is InChI=1S/C43H51ClN2O13/c1-28(43(52)59-39-20-16-29(22-40(39)55-2)17-21-42(51)57-25-30-12-14-31(15-13-30)26-58-46(53)54)45-41(50)11-6-4-3-5-10-35-36(38(49)24-37(35)48)19-18-33(47)27-56-34-9-7-8-32(44)23-34/h3,5,7-9,12-23,28,33,35-38,47-49,53-54H,4,6,10-11,24-27H2,1-2H3,(H,45,50)/b5-3-,19-18+,21-17+/t28?,33-,35-,36-,37+,38-/m1/s1. The highest BCUT2D eigenvalue weighted by atomic mass is 35.5. The number of ether oxygens (including phenoxy) is 4. The number of amides is 1. The van der Waals surface area contributed by atoms with Gasteiger partial charge in [0.15, 0.2) is 11.5 Å². The van der Waals surface area contributed by atoms with E-state index < -0.39 is 36.3 Å². The summed E-state index contributed by atoms with van der Waals surface area (Å²) in [7, 11) is 1.40. The summed E-state index contributed by atoms with van der Waals surface area (Å²) in [5.74, 6) is -1.34. The van der Waals surface area contributed by atoms with Crippen molar-refractivity contribution in [3.8, 4) is 17.2 Å². The minimum absolute atomic E-state index is 0.00327. The first kappa shape index (κ1) is 46.6. The Labute approximate surface area is 347 Å². The molecule has 0 aliphatic heterocycles. The van der Waals surface area contributed by atoms with Gasteiger partial charge in [-0.3, -0.25) is 15.2 Å². The molecule has 1 unspecified atom stereocenters. The Morgan fingerprint density at radius 3 is 2.42 bits per heavy atom.